The Morgan fingerprint density at radius 3 is 3.00 bits per heavy atom. The number of sulfone groups is 1. The molecule has 1 aromatic heterocycles. The van der Waals surface area contributed by atoms with Crippen LogP contribution in [0.5, 0.6) is 0 Å². The lowest BCUT2D eigenvalue weighted by Gasteiger charge is -2.17. The summed E-state index contributed by atoms with van der Waals surface area (Å²) in [6, 6.07) is 1.54. The van der Waals surface area contributed by atoms with Crippen molar-refractivity contribution >= 4 is 15.5 Å². The molecule has 0 amide bonds. The van der Waals surface area contributed by atoms with Gasteiger partial charge >= 0.3 is 0 Å². The van der Waals surface area contributed by atoms with Gasteiger partial charge in [0.1, 0.15) is 9.84 Å². The molecule has 1 aromatic rings. The van der Waals surface area contributed by atoms with Crippen LogP contribution >= 0.6 is 0 Å². The van der Waals surface area contributed by atoms with Gasteiger partial charge in [-0.1, -0.05) is 0 Å². The van der Waals surface area contributed by atoms with Gasteiger partial charge in [-0.05, 0) is 19.3 Å². The van der Waals surface area contributed by atoms with Crippen LogP contribution in [0.15, 0.2) is 10.9 Å². The number of hydrogen-bond acceptors (Lipinski definition) is 5. The zero-order valence-electron chi connectivity index (χ0n) is 10.3. The lowest BCUT2D eigenvalue weighted by molar-refractivity contribution is 0.543. The molecule has 0 fully saturated rings. The van der Waals surface area contributed by atoms with Crippen LogP contribution in [0.2, 0.25) is 0 Å². The number of anilines is 1. The monoisotopic (exact) mass is 271 g/mol. The second kappa shape index (κ2) is 5.09. The number of nitrogens with zero attached hydrogens (tertiary/aromatic N) is 2. The average Bonchev–Trinajstić information content (AvgIpc) is 2.28. The van der Waals surface area contributed by atoms with Gasteiger partial charge in [-0.3, -0.25) is 4.79 Å². The topological polar surface area (TPSA) is 81.1 Å². The van der Waals surface area contributed by atoms with Crippen molar-refractivity contribution in [3.05, 3.63) is 22.1 Å². The maximum Gasteiger partial charge on any atom is 0.268 e. The second-order valence-electron chi connectivity index (χ2n) is 4.58. The van der Waals surface area contributed by atoms with Crippen LogP contribution in [-0.4, -0.2) is 36.8 Å². The van der Waals surface area contributed by atoms with Gasteiger partial charge in [0.05, 0.1) is 17.1 Å². The van der Waals surface area contributed by atoms with E-state index in [1.54, 1.807) is 6.07 Å². The first-order valence-electron chi connectivity index (χ1n) is 5.98. The van der Waals surface area contributed by atoms with Crippen molar-refractivity contribution in [3.8, 4) is 0 Å². The van der Waals surface area contributed by atoms with E-state index in [9.17, 15) is 13.2 Å². The first-order valence-corrected chi connectivity index (χ1v) is 8.04. The van der Waals surface area contributed by atoms with Gasteiger partial charge in [-0.15, -0.1) is 0 Å². The molecular formula is C11H17N3O3S. The van der Waals surface area contributed by atoms with Gasteiger partial charge in [-0.2, -0.15) is 5.10 Å². The minimum absolute atomic E-state index is 0.0798. The Labute approximate surface area is 106 Å². The highest BCUT2D eigenvalue weighted by Gasteiger charge is 2.12. The summed E-state index contributed by atoms with van der Waals surface area (Å²) in [5.41, 5.74) is 1.52. The SMILES string of the molecule is CS(=O)(=O)CCCn1nc2c(cc1=O)NCCC2. The van der Waals surface area contributed by atoms with E-state index in [1.165, 1.54) is 10.9 Å². The largest absolute Gasteiger partial charge is 0.383 e. The molecule has 0 atom stereocenters. The van der Waals surface area contributed by atoms with E-state index in [0.29, 0.717) is 13.0 Å². The predicted octanol–water partition coefficient (Wildman–Crippen LogP) is 0.0361. The smallest absolute Gasteiger partial charge is 0.268 e. The molecule has 1 N–H and O–H groups in total. The van der Waals surface area contributed by atoms with E-state index in [-0.39, 0.29) is 11.3 Å². The Bertz CT molecular complexity index is 592. The van der Waals surface area contributed by atoms with Crippen molar-refractivity contribution in [2.24, 2.45) is 0 Å². The fourth-order valence-electron chi connectivity index (χ4n) is 1.98. The van der Waals surface area contributed by atoms with E-state index in [1.807, 2.05) is 0 Å². The third-order valence-corrected chi connectivity index (χ3v) is 3.90. The zero-order chi connectivity index (χ0) is 13.2. The second-order valence-corrected chi connectivity index (χ2v) is 6.84. The van der Waals surface area contributed by atoms with Crippen LogP contribution in [0.25, 0.3) is 0 Å². The normalized spacial score (nSPS) is 14.9. The first kappa shape index (κ1) is 13.1. The Kier molecular flexibility index (Phi) is 3.70. The predicted molar refractivity (Wildman–Crippen MR) is 69.6 cm³/mol. The number of hydrogen-bond donors (Lipinski definition) is 1. The molecule has 2 rings (SSSR count). The molecule has 0 saturated heterocycles. The molecule has 0 aliphatic carbocycles. The number of rotatable bonds is 4. The first-order chi connectivity index (χ1) is 8.46. The molecule has 7 heteroatoms. The maximum atomic E-state index is 11.8. The van der Waals surface area contributed by atoms with Crippen molar-refractivity contribution in [2.45, 2.75) is 25.8 Å². The van der Waals surface area contributed by atoms with Gasteiger partial charge in [0, 0.05) is 25.4 Å². The number of aromatic nitrogens is 2. The molecule has 0 unspecified atom stereocenters. The van der Waals surface area contributed by atoms with Crippen LogP contribution in [-0.2, 0) is 22.8 Å². The summed E-state index contributed by atoms with van der Waals surface area (Å²) < 4.78 is 23.4. The zero-order valence-corrected chi connectivity index (χ0v) is 11.2. The molecule has 0 spiro atoms. The lowest BCUT2D eigenvalue weighted by atomic mass is 10.1. The lowest BCUT2D eigenvalue weighted by Crippen LogP contribution is -2.27. The Balaban J connectivity index is 2.11. The highest BCUT2D eigenvalue weighted by molar-refractivity contribution is 7.90. The van der Waals surface area contributed by atoms with Crippen molar-refractivity contribution in [3.63, 3.8) is 0 Å². The van der Waals surface area contributed by atoms with E-state index < -0.39 is 9.84 Å². The van der Waals surface area contributed by atoms with Crippen molar-refractivity contribution in [2.75, 3.05) is 23.9 Å². The summed E-state index contributed by atoms with van der Waals surface area (Å²) in [7, 11) is -2.98. The Hall–Kier alpha value is -1.37. The van der Waals surface area contributed by atoms with Crippen LogP contribution in [0.1, 0.15) is 18.5 Å². The molecular weight excluding hydrogens is 254 g/mol. The number of nitrogens with one attached hydrogen (secondary N) is 1. The number of fused-ring (bicyclic) bond motifs is 1. The molecule has 0 saturated carbocycles. The van der Waals surface area contributed by atoms with Crippen LogP contribution in [0.3, 0.4) is 0 Å². The molecule has 1 aliphatic rings. The highest BCUT2D eigenvalue weighted by atomic mass is 32.2. The quantitative estimate of drug-likeness (QED) is 0.836. The standard InChI is InChI=1S/C11H17N3O3S/c1-18(16,17)7-3-6-14-11(15)8-10-9(13-14)4-2-5-12-10/h8,12H,2-7H2,1H3. The molecule has 2 heterocycles. The van der Waals surface area contributed by atoms with E-state index in [2.05, 4.69) is 10.4 Å². The van der Waals surface area contributed by atoms with Crippen LogP contribution < -0.4 is 10.9 Å². The Morgan fingerprint density at radius 2 is 2.28 bits per heavy atom. The van der Waals surface area contributed by atoms with Gasteiger partial charge in [0.25, 0.3) is 5.56 Å². The highest BCUT2D eigenvalue weighted by Crippen LogP contribution is 2.16. The van der Waals surface area contributed by atoms with E-state index in [0.717, 1.165) is 30.8 Å². The minimum atomic E-state index is -2.98. The summed E-state index contributed by atoms with van der Waals surface area (Å²) in [5.74, 6) is 0.0798. The summed E-state index contributed by atoms with van der Waals surface area (Å²) in [6.45, 7) is 1.21. The average molecular weight is 271 g/mol. The summed E-state index contributed by atoms with van der Waals surface area (Å²) in [4.78, 5) is 11.8. The van der Waals surface area contributed by atoms with Gasteiger partial charge < -0.3 is 5.32 Å². The van der Waals surface area contributed by atoms with Gasteiger partial charge in [0.15, 0.2) is 0 Å². The van der Waals surface area contributed by atoms with Crippen molar-refractivity contribution < 1.29 is 8.42 Å². The summed E-state index contributed by atoms with van der Waals surface area (Å²) in [5, 5.41) is 7.42. The van der Waals surface area contributed by atoms with Gasteiger partial charge in [-0.25, -0.2) is 13.1 Å². The molecule has 1 aliphatic heterocycles. The van der Waals surface area contributed by atoms with Crippen molar-refractivity contribution in [1.82, 2.24) is 9.78 Å². The fourth-order valence-corrected chi connectivity index (χ4v) is 2.64. The minimum Gasteiger partial charge on any atom is -0.383 e. The van der Waals surface area contributed by atoms with Gasteiger partial charge in [0.2, 0.25) is 0 Å². The summed E-state index contributed by atoms with van der Waals surface area (Å²) >= 11 is 0. The van der Waals surface area contributed by atoms with E-state index in [4.69, 9.17) is 0 Å². The summed E-state index contributed by atoms with van der Waals surface area (Å²) in [6.07, 6.45) is 3.47. The third kappa shape index (κ3) is 3.32. The molecule has 0 bridgehead atoms. The molecule has 0 aromatic carbocycles. The van der Waals surface area contributed by atoms with Crippen molar-refractivity contribution in [1.29, 1.82) is 0 Å². The molecule has 0 radical (unpaired) electrons. The fraction of sp³-hybridized carbons (Fsp3) is 0.636. The third-order valence-electron chi connectivity index (χ3n) is 2.87. The van der Waals surface area contributed by atoms with Crippen LogP contribution in [0.4, 0.5) is 5.69 Å². The molecule has 18 heavy (non-hydrogen) atoms. The van der Waals surface area contributed by atoms with E-state index >= 15 is 0 Å². The maximum absolute atomic E-state index is 11.8. The Morgan fingerprint density at radius 1 is 1.50 bits per heavy atom. The van der Waals surface area contributed by atoms with Crippen LogP contribution in [0, 0.1) is 0 Å². The molecule has 100 valence electrons. The number of aryl methyl sites for hydroxylation is 2. The molecule has 6 nitrogen and oxygen atoms in total.